The van der Waals surface area contributed by atoms with Gasteiger partial charge in [-0.3, -0.25) is 9.59 Å². The summed E-state index contributed by atoms with van der Waals surface area (Å²) >= 11 is 1.56. The van der Waals surface area contributed by atoms with Crippen LogP contribution in [0.2, 0.25) is 0 Å². The van der Waals surface area contributed by atoms with Gasteiger partial charge in [0, 0.05) is 10.4 Å². The van der Waals surface area contributed by atoms with E-state index in [-0.39, 0.29) is 18.2 Å². The SMILES string of the molecule is O=C(C[NH2+]Cc1ccco1)Nc1sc2c(c1C(=O)c1ccccc1)CCCC2. The minimum absolute atomic E-state index is 0.00475. The van der Waals surface area contributed by atoms with E-state index in [0.717, 1.165) is 37.0 Å². The lowest BCUT2D eigenvalue weighted by Crippen LogP contribution is -2.84. The van der Waals surface area contributed by atoms with Crippen LogP contribution in [0.5, 0.6) is 0 Å². The fourth-order valence-electron chi connectivity index (χ4n) is 3.58. The highest BCUT2D eigenvalue weighted by atomic mass is 32.1. The van der Waals surface area contributed by atoms with Gasteiger partial charge in [0.05, 0.1) is 11.8 Å². The topological polar surface area (TPSA) is 75.9 Å². The number of fused-ring (bicyclic) bond motifs is 1. The molecule has 3 aromatic rings. The van der Waals surface area contributed by atoms with Crippen LogP contribution in [0.1, 0.15) is 45.0 Å². The highest BCUT2D eigenvalue weighted by Crippen LogP contribution is 2.39. The van der Waals surface area contributed by atoms with Crippen molar-refractivity contribution in [3.8, 4) is 0 Å². The van der Waals surface area contributed by atoms with Crippen molar-refractivity contribution >= 4 is 28.0 Å². The minimum Gasteiger partial charge on any atom is -0.463 e. The third-order valence-electron chi connectivity index (χ3n) is 4.94. The molecule has 5 nitrogen and oxygen atoms in total. The van der Waals surface area contributed by atoms with E-state index in [2.05, 4.69) is 5.32 Å². The third-order valence-corrected chi connectivity index (χ3v) is 6.15. The predicted octanol–water partition coefficient (Wildman–Crippen LogP) is 3.15. The van der Waals surface area contributed by atoms with Crippen molar-refractivity contribution in [3.63, 3.8) is 0 Å². The molecule has 1 aliphatic carbocycles. The number of anilines is 1. The van der Waals surface area contributed by atoms with Gasteiger partial charge in [0.25, 0.3) is 5.91 Å². The van der Waals surface area contributed by atoms with E-state index >= 15 is 0 Å². The number of thiophene rings is 1. The maximum atomic E-state index is 13.2. The number of carbonyl (C=O) groups is 2. The van der Waals surface area contributed by atoms with Crippen LogP contribution in [-0.2, 0) is 24.2 Å². The van der Waals surface area contributed by atoms with Crippen LogP contribution in [0.25, 0.3) is 0 Å². The van der Waals surface area contributed by atoms with Crippen LogP contribution in [0.4, 0.5) is 5.00 Å². The number of furan rings is 1. The second-order valence-electron chi connectivity index (χ2n) is 6.93. The number of quaternary nitrogens is 1. The van der Waals surface area contributed by atoms with Gasteiger partial charge in [0.15, 0.2) is 18.1 Å². The number of nitrogens with one attached hydrogen (secondary N) is 1. The summed E-state index contributed by atoms with van der Waals surface area (Å²) in [6.45, 7) is 0.888. The molecule has 0 radical (unpaired) electrons. The zero-order valence-electron chi connectivity index (χ0n) is 15.6. The van der Waals surface area contributed by atoms with Gasteiger partial charge >= 0.3 is 0 Å². The van der Waals surface area contributed by atoms with E-state index in [1.165, 1.54) is 4.88 Å². The van der Waals surface area contributed by atoms with Crippen LogP contribution < -0.4 is 10.6 Å². The molecule has 0 fully saturated rings. The Kier molecular flexibility index (Phi) is 5.69. The summed E-state index contributed by atoms with van der Waals surface area (Å²) in [7, 11) is 0. The lowest BCUT2D eigenvalue weighted by Gasteiger charge is -2.12. The molecule has 0 spiro atoms. The number of hydrogen-bond donors (Lipinski definition) is 2. The molecule has 3 N–H and O–H groups in total. The Morgan fingerprint density at radius 3 is 2.68 bits per heavy atom. The highest BCUT2D eigenvalue weighted by Gasteiger charge is 2.27. The van der Waals surface area contributed by atoms with Crippen molar-refractivity contribution in [1.82, 2.24) is 0 Å². The lowest BCUT2D eigenvalue weighted by atomic mass is 9.92. The first-order valence-corrected chi connectivity index (χ1v) is 10.4. The van der Waals surface area contributed by atoms with Crippen LogP contribution in [0.3, 0.4) is 0 Å². The van der Waals surface area contributed by atoms with Gasteiger partial charge in [0.2, 0.25) is 0 Å². The highest BCUT2D eigenvalue weighted by molar-refractivity contribution is 7.17. The number of ketones is 1. The van der Waals surface area contributed by atoms with E-state index in [0.29, 0.717) is 22.7 Å². The summed E-state index contributed by atoms with van der Waals surface area (Å²) in [5.41, 5.74) is 2.47. The van der Waals surface area contributed by atoms with Crippen LogP contribution in [0.15, 0.2) is 53.1 Å². The normalized spacial score (nSPS) is 13.1. The maximum Gasteiger partial charge on any atom is 0.280 e. The van der Waals surface area contributed by atoms with Crippen molar-refractivity contribution in [2.45, 2.75) is 32.2 Å². The molecular weight excluding hydrogens is 372 g/mol. The zero-order valence-corrected chi connectivity index (χ0v) is 16.4. The monoisotopic (exact) mass is 395 g/mol. The van der Waals surface area contributed by atoms with Gasteiger partial charge in [0.1, 0.15) is 11.5 Å². The smallest absolute Gasteiger partial charge is 0.280 e. The molecule has 0 atom stereocenters. The molecule has 0 saturated heterocycles. The Morgan fingerprint density at radius 2 is 1.89 bits per heavy atom. The zero-order chi connectivity index (χ0) is 19.3. The fraction of sp³-hybridized carbons (Fsp3) is 0.273. The fourth-order valence-corrected chi connectivity index (χ4v) is 4.88. The molecule has 1 aromatic carbocycles. The number of aryl methyl sites for hydroxylation is 1. The molecule has 0 aliphatic heterocycles. The summed E-state index contributed by atoms with van der Waals surface area (Å²) in [4.78, 5) is 26.9. The number of rotatable bonds is 7. The second-order valence-corrected chi connectivity index (χ2v) is 8.04. The predicted molar refractivity (Wildman–Crippen MR) is 109 cm³/mol. The molecule has 0 bridgehead atoms. The average molecular weight is 396 g/mol. The van der Waals surface area contributed by atoms with Gasteiger partial charge in [-0.2, -0.15) is 0 Å². The van der Waals surface area contributed by atoms with Gasteiger partial charge in [-0.05, 0) is 43.4 Å². The van der Waals surface area contributed by atoms with Crippen LogP contribution in [-0.4, -0.2) is 18.2 Å². The Labute approximate surface area is 167 Å². The van der Waals surface area contributed by atoms with Crippen molar-refractivity contribution in [3.05, 3.63) is 76.1 Å². The van der Waals surface area contributed by atoms with Crippen LogP contribution in [0, 0.1) is 0 Å². The standard InChI is InChI=1S/C22H22N2O3S/c25-19(14-23-13-16-9-6-12-27-16)24-22-20(17-10-4-5-11-18(17)28-22)21(26)15-7-2-1-3-8-15/h1-3,6-9,12,23H,4-5,10-11,13-14H2,(H,24,25)/p+1. The Balaban J connectivity index is 1.52. The molecule has 4 rings (SSSR count). The van der Waals surface area contributed by atoms with Crippen molar-refractivity contribution < 1.29 is 19.3 Å². The van der Waals surface area contributed by atoms with E-state index in [1.807, 2.05) is 47.8 Å². The molecule has 144 valence electrons. The Hall–Kier alpha value is -2.70. The quantitative estimate of drug-likeness (QED) is 0.604. The average Bonchev–Trinajstić information content (AvgIpc) is 3.35. The van der Waals surface area contributed by atoms with E-state index in [1.54, 1.807) is 17.6 Å². The lowest BCUT2D eigenvalue weighted by molar-refractivity contribution is -0.661. The largest absolute Gasteiger partial charge is 0.463 e. The van der Waals surface area contributed by atoms with Crippen molar-refractivity contribution in [2.24, 2.45) is 0 Å². The molecule has 6 heteroatoms. The maximum absolute atomic E-state index is 13.2. The van der Waals surface area contributed by atoms with E-state index in [4.69, 9.17) is 4.42 Å². The Morgan fingerprint density at radius 1 is 1.07 bits per heavy atom. The summed E-state index contributed by atoms with van der Waals surface area (Å²) in [6, 6.07) is 13.0. The van der Waals surface area contributed by atoms with Gasteiger partial charge < -0.3 is 15.1 Å². The van der Waals surface area contributed by atoms with Gasteiger partial charge in [-0.15, -0.1) is 11.3 Å². The van der Waals surface area contributed by atoms with Gasteiger partial charge in [-0.1, -0.05) is 30.3 Å². The number of amides is 1. The summed E-state index contributed by atoms with van der Waals surface area (Å²) in [6.07, 6.45) is 5.73. The summed E-state index contributed by atoms with van der Waals surface area (Å²) < 4.78 is 5.28. The van der Waals surface area contributed by atoms with Crippen molar-refractivity contribution in [2.75, 3.05) is 11.9 Å². The van der Waals surface area contributed by atoms with Gasteiger partial charge in [-0.25, -0.2) is 0 Å². The molecule has 0 saturated carbocycles. The Bertz CT molecular complexity index is 961. The van der Waals surface area contributed by atoms with E-state index < -0.39 is 0 Å². The first-order valence-electron chi connectivity index (χ1n) is 9.60. The van der Waals surface area contributed by atoms with Crippen molar-refractivity contribution in [1.29, 1.82) is 0 Å². The number of hydrogen-bond acceptors (Lipinski definition) is 4. The molecular formula is C22H23N2O3S+. The third kappa shape index (κ3) is 4.08. The molecule has 0 unspecified atom stereocenters. The number of benzene rings is 1. The molecule has 1 amide bonds. The molecule has 1 aliphatic rings. The molecule has 2 heterocycles. The summed E-state index contributed by atoms with van der Waals surface area (Å²) in [5.74, 6) is 0.724. The molecule has 28 heavy (non-hydrogen) atoms. The summed E-state index contributed by atoms with van der Waals surface area (Å²) in [5, 5.41) is 5.58. The van der Waals surface area contributed by atoms with Crippen LogP contribution >= 0.6 is 11.3 Å². The first-order chi connectivity index (χ1) is 13.7. The minimum atomic E-state index is -0.104. The number of carbonyl (C=O) groups excluding carboxylic acids is 2. The number of nitrogens with two attached hydrogens (primary N) is 1. The first kappa shape index (κ1) is 18.7. The molecule has 2 aromatic heterocycles. The van der Waals surface area contributed by atoms with E-state index in [9.17, 15) is 9.59 Å². The second kappa shape index (κ2) is 8.54.